The van der Waals surface area contributed by atoms with E-state index in [-0.39, 0.29) is 30.7 Å². The number of carbonyl (C=O) groups excluding carboxylic acids is 1. The van der Waals surface area contributed by atoms with Crippen LogP contribution in [0.25, 0.3) is 0 Å². The van der Waals surface area contributed by atoms with Crippen LogP contribution in [0.3, 0.4) is 0 Å². The van der Waals surface area contributed by atoms with Crippen LogP contribution in [0.2, 0.25) is 0 Å². The van der Waals surface area contributed by atoms with Crippen molar-refractivity contribution in [1.29, 1.82) is 0 Å². The molecule has 2 N–H and O–H groups in total. The summed E-state index contributed by atoms with van der Waals surface area (Å²) in [5, 5.41) is 0. The lowest BCUT2D eigenvalue weighted by Gasteiger charge is -2.38. The van der Waals surface area contributed by atoms with Crippen LogP contribution in [-0.2, 0) is 4.79 Å². The molecule has 5 nitrogen and oxygen atoms in total. The monoisotopic (exact) mass is 320 g/mol. The number of halogens is 2. The van der Waals surface area contributed by atoms with Crippen LogP contribution in [0, 0.1) is 0 Å². The summed E-state index contributed by atoms with van der Waals surface area (Å²) in [7, 11) is 0. The van der Waals surface area contributed by atoms with Gasteiger partial charge in [0.15, 0.2) is 0 Å². The van der Waals surface area contributed by atoms with Gasteiger partial charge in [0.1, 0.15) is 5.82 Å². The molecule has 0 unspecified atom stereocenters. The smallest absolute Gasteiger partial charge is 0.242 e. The number of carbonyl (C=O) groups is 1. The normalized spacial score (nSPS) is 15.2. The fourth-order valence-electron chi connectivity index (χ4n) is 2.09. The van der Waals surface area contributed by atoms with Crippen molar-refractivity contribution < 1.29 is 4.79 Å². The summed E-state index contributed by atoms with van der Waals surface area (Å²) in [4.78, 5) is 20.4. The van der Waals surface area contributed by atoms with E-state index in [4.69, 9.17) is 5.73 Å². The second-order valence-corrected chi connectivity index (χ2v) is 5.19. The van der Waals surface area contributed by atoms with Gasteiger partial charge in [-0.2, -0.15) is 0 Å². The molecule has 0 aromatic carbocycles. The number of piperazine rings is 1. The zero-order valence-corrected chi connectivity index (χ0v) is 13.4. The van der Waals surface area contributed by atoms with Crippen LogP contribution >= 0.6 is 24.8 Å². The Morgan fingerprint density at radius 2 is 1.80 bits per heavy atom. The van der Waals surface area contributed by atoms with Crippen molar-refractivity contribution >= 4 is 36.5 Å². The predicted octanol–water partition coefficient (Wildman–Crippen LogP) is 1.31. The molecule has 114 valence electrons. The third-order valence-electron chi connectivity index (χ3n) is 3.09. The van der Waals surface area contributed by atoms with Crippen LogP contribution in [0.15, 0.2) is 24.4 Å². The predicted molar refractivity (Wildman–Crippen MR) is 85.8 cm³/mol. The largest absolute Gasteiger partial charge is 0.353 e. The summed E-state index contributed by atoms with van der Waals surface area (Å²) in [6, 6.07) is 5.87. The van der Waals surface area contributed by atoms with Gasteiger partial charge in [-0.15, -0.1) is 24.8 Å². The summed E-state index contributed by atoms with van der Waals surface area (Å²) in [6.07, 6.45) is 1.79. The van der Waals surface area contributed by atoms with E-state index >= 15 is 0 Å². The molecule has 0 bridgehead atoms. The van der Waals surface area contributed by atoms with E-state index in [2.05, 4.69) is 9.88 Å². The number of hydrogen-bond acceptors (Lipinski definition) is 4. The molecule has 0 atom stereocenters. The van der Waals surface area contributed by atoms with Gasteiger partial charge in [0.2, 0.25) is 5.91 Å². The van der Waals surface area contributed by atoms with Crippen LogP contribution < -0.4 is 10.6 Å². The lowest BCUT2D eigenvalue weighted by atomic mass is 10.0. The van der Waals surface area contributed by atoms with Crippen molar-refractivity contribution in [3.63, 3.8) is 0 Å². The molecule has 1 aliphatic heterocycles. The van der Waals surface area contributed by atoms with Gasteiger partial charge < -0.3 is 15.5 Å². The van der Waals surface area contributed by atoms with Gasteiger partial charge in [-0.05, 0) is 26.0 Å². The number of nitrogens with zero attached hydrogens (tertiary/aromatic N) is 3. The van der Waals surface area contributed by atoms with E-state index in [1.54, 1.807) is 20.0 Å². The Balaban J connectivity index is 0.00000180. The van der Waals surface area contributed by atoms with Crippen molar-refractivity contribution in [2.45, 2.75) is 19.4 Å². The Morgan fingerprint density at radius 1 is 1.20 bits per heavy atom. The van der Waals surface area contributed by atoms with Crippen LogP contribution in [0.1, 0.15) is 13.8 Å². The SMILES string of the molecule is CC(C)(N)C(=O)N1CCN(c2ccccn2)CC1.Cl.Cl. The van der Waals surface area contributed by atoms with Crippen LogP contribution in [-0.4, -0.2) is 47.5 Å². The first-order valence-corrected chi connectivity index (χ1v) is 6.23. The van der Waals surface area contributed by atoms with E-state index in [1.165, 1.54) is 0 Å². The molecule has 1 amide bonds. The number of nitrogens with two attached hydrogens (primary N) is 1. The second kappa shape index (κ2) is 7.67. The Kier molecular flexibility index (Phi) is 7.27. The maximum absolute atomic E-state index is 12.0. The van der Waals surface area contributed by atoms with Gasteiger partial charge in [-0.25, -0.2) is 4.98 Å². The molecule has 0 spiro atoms. The summed E-state index contributed by atoms with van der Waals surface area (Å²) in [5.41, 5.74) is 5.05. The maximum atomic E-state index is 12.0. The molecular weight excluding hydrogens is 299 g/mol. The standard InChI is InChI=1S/C13H20N4O.2ClH/c1-13(2,14)12(18)17-9-7-16(8-10-17)11-5-3-4-6-15-11;;/h3-6H,7-10,14H2,1-2H3;2*1H. The fourth-order valence-corrected chi connectivity index (χ4v) is 2.09. The number of hydrogen-bond donors (Lipinski definition) is 1. The van der Waals surface area contributed by atoms with Crippen molar-refractivity contribution in [2.24, 2.45) is 5.73 Å². The lowest BCUT2D eigenvalue weighted by Crippen LogP contribution is -2.57. The molecule has 20 heavy (non-hydrogen) atoms. The number of amides is 1. The average molecular weight is 321 g/mol. The summed E-state index contributed by atoms with van der Waals surface area (Å²) in [5.74, 6) is 0.986. The van der Waals surface area contributed by atoms with E-state index in [0.717, 1.165) is 18.9 Å². The molecule has 2 heterocycles. The van der Waals surface area contributed by atoms with Gasteiger partial charge in [0, 0.05) is 32.4 Å². The molecule has 0 saturated carbocycles. The molecule has 0 aliphatic carbocycles. The molecule has 1 saturated heterocycles. The van der Waals surface area contributed by atoms with Gasteiger partial charge >= 0.3 is 0 Å². The molecule has 1 aromatic heterocycles. The van der Waals surface area contributed by atoms with E-state index in [9.17, 15) is 4.79 Å². The Labute approximate surface area is 132 Å². The van der Waals surface area contributed by atoms with E-state index < -0.39 is 5.54 Å². The highest BCUT2D eigenvalue weighted by molar-refractivity contribution is 5.86. The third kappa shape index (κ3) is 4.51. The fraction of sp³-hybridized carbons (Fsp3) is 0.538. The Hall–Kier alpha value is -1.04. The lowest BCUT2D eigenvalue weighted by molar-refractivity contribution is -0.136. The Morgan fingerprint density at radius 3 is 2.25 bits per heavy atom. The maximum Gasteiger partial charge on any atom is 0.242 e. The van der Waals surface area contributed by atoms with Gasteiger partial charge in [-0.3, -0.25) is 4.79 Å². The first kappa shape index (κ1) is 19.0. The molecule has 2 rings (SSSR count). The van der Waals surface area contributed by atoms with Gasteiger partial charge in [-0.1, -0.05) is 6.07 Å². The summed E-state index contributed by atoms with van der Waals surface area (Å²) >= 11 is 0. The van der Waals surface area contributed by atoms with Crippen molar-refractivity contribution in [1.82, 2.24) is 9.88 Å². The number of aromatic nitrogens is 1. The molecule has 0 radical (unpaired) electrons. The Bertz CT molecular complexity index is 414. The number of rotatable bonds is 2. The summed E-state index contributed by atoms with van der Waals surface area (Å²) in [6.45, 7) is 6.52. The summed E-state index contributed by atoms with van der Waals surface area (Å²) < 4.78 is 0. The third-order valence-corrected chi connectivity index (χ3v) is 3.09. The average Bonchev–Trinajstić information content (AvgIpc) is 2.38. The zero-order valence-electron chi connectivity index (χ0n) is 11.8. The molecule has 1 fully saturated rings. The second-order valence-electron chi connectivity index (χ2n) is 5.19. The molecular formula is C13H22Cl2N4O. The van der Waals surface area contributed by atoms with E-state index in [1.807, 2.05) is 23.1 Å². The first-order chi connectivity index (χ1) is 8.48. The molecule has 1 aromatic rings. The molecule has 7 heteroatoms. The zero-order chi connectivity index (χ0) is 13.2. The van der Waals surface area contributed by atoms with Crippen molar-refractivity contribution in [3.8, 4) is 0 Å². The highest BCUT2D eigenvalue weighted by atomic mass is 35.5. The minimum Gasteiger partial charge on any atom is -0.353 e. The highest BCUT2D eigenvalue weighted by Crippen LogP contribution is 2.14. The van der Waals surface area contributed by atoms with Gasteiger partial charge in [0.05, 0.1) is 5.54 Å². The highest BCUT2D eigenvalue weighted by Gasteiger charge is 2.30. The van der Waals surface area contributed by atoms with Gasteiger partial charge in [0.25, 0.3) is 0 Å². The van der Waals surface area contributed by atoms with Crippen LogP contribution in [0.4, 0.5) is 5.82 Å². The number of anilines is 1. The van der Waals surface area contributed by atoms with E-state index in [0.29, 0.717) is 13.1 Å². The number of pyridine rings is 1. The minimum absolute atomic E-state index is 0. The minimum atomic E-state index is -0.785. The van der Waals surface area contributed by atoms with Crippen molar-refractivity contribution in [2.75, 3.05) is 31.1 Å². The topological polar surface area (TPSA) is 62.5 Å². The molecule has 1 aliphatic rings. The van der Waals surface area contributed by atoms with Crippen molar-refractivity contribution in [3.05, 3.63) is 24.4 Å². The quantitative estimate of drug-likeness (QED) is 0.892. The van der Waals surface area contributed by atoms with Crippen LogP contribution in [0.5, 0.6) is 0 Å². The first-order valence-electron chi connectivity index (χ1n) is 6.23.